The predicted octanol–water partition coefficient (Wildman–Crippen LogP) is -3.17. The quantitative estimate of drug-likeness (QED) is 0.470. The number of hydrogen-bond acceptors (Lipinski definition) is 3. The Morgan fingerprint density at radius 2 is 2.15 bits per heavy atom. The second-order valence-corrected chi connectivity index (χ2v) is 3.78. The van der Waals surface area contributed by atoms with Crippen molar-refractivity contribution < 1.29 is 4.39 Å². The molecule has 0 spiro atoms. The minimum atomic E-state index is -0.562. The van der Waals surface area contributed by atoms with Gasteiger partial charge in [0, 0.05) is 6.20 Å². The minimum Gasteiger partial charge on any atom is -0.385 e. The molecule has 0 fully saturated rings. The van der Waals surface area contributed by atoms with Crippen LogP contribution in [0.2, 0.25) is 0 Å². The smallest absolute Gasteiger partial charge is 0.347 e. The summed E-state index contributed by atoms with van der Waals surface area (Å²) in [5, 5.41) is 2.47. The number of aromatic nitrogens is 2. The Bertz CT molecular complexity index is 361. The molecule has 0 amide bonds. The van der Waals surface area contributed by atoms with Crippen LogP contribution in [-0.2, 0) is 0 Å². The maximum Gasteiger partial charge on any atom is 0.347 e. The molecular formula is C5H9B3FN3O. The van der Waals surface area contributed by atoms with E-state index >= 15 is 0 Å². The van der Waals surface area contributed by atoms with E-state index in [4.69, 9.17) is 0 Å². The third-order valence-corrected chi connectivity index (χ3v) is 1.26. The second-order valence-electron chi connectivity index (χ2n) is 3.78. The van der Waals surface area contributed by atoms with E-state index in [9.17, 15) is 9.18 Å². The molecule has 2 N–H and O–H groups in total. The predicted molar refractivity (Wildman–Crippen MR) is 56.8 cm³/mol. The lowest BCUT2D eigenvalue weighted by atomic mass is 9.49. The highest BCUT2D eigenvalue weighted by molar-refractivity contribution is 6.60. The van der Waals surface area contributed by atoms with Gasteiger partial charge in [-0.2, -0.15) is 4.98 Å². The molecule has 0 aliphatic heterocycles. The van der Waals surface area contributed by atoms with Crippen molar-refractivity contribution in [2.24, 2.45) is 0 Å². The van der Waals surface area contributed by atoms with Crippen molar-refractivity contribution in [3.05, 3.63) is 22.5 Å². The van der Waals surface area contributed by atoms with Gasteiger partial charge in [0.1, 0.15) is 23.5 Å². The number of rotatable bonds is 2. The molecule has 1 rings (SSSR count). The van der Waals surface area contributed by atoms with Gasteiger partial charge in [-0.25, -0.2) is 9.18 Å². The van der Waals surface area contributed by atoms with Crippen LogP contribution in [0.1, 0.15) is 0 Å². The fourth-order valence-electron chi connectivity index (χ4n) is 0.824. The van der Waals surface area contributed by atoms with Crippen LogP contribution in [0.5, 0.6) is 0 Å². The van der Waals surface area contributed by atoms with Gasteiger partial charge in [0.15, 0.2) is 11.6 Å². The lowest BCUT2D eigenvalue weighted by Gasteiger charge is -2.20. The summed E-state index contributed by atoms with van der Waals surface area (Å²) >= 11 is 0. The van der Waals surface area contributed by atoms with Crippen LogP contribution >= 0.6 is 0 Å². The van der Waals surface area contributed by atoms with Gasteiger partial charge in [0.2, 0.25) is 0 Å². The highest BCUT2D eigenvalue weighted by Gasteiger charge is 2.14. The standard InChI is InChI=1S/C5H9B3FN3O/c6-5(7,8)12-3-2(9)1-10-4(13)11-3/h1H,6-8H2,(H2,10,11,12,13). The van der Waals surface area contributed by atoms with E-state index in [1.165, 1.54) is 0 Å². The normalized spacial score (nSPS) is 11.2. The highest BCUT2D eigenvalue weighted by Crippen LogP contribution is 2.07. The number of nitrogens with one attached hydrogen (secondary N) is 2. The summed E-state index contributed by atoms with van der Waals surface area (Å²) in [6, 6.07) is 0. The summed E-state index contributed by atoms with van der Waals surface area (Å²) in [5.74, 6) is -0.578. The van der Waals surface area contributed by atoms with Crippen LogP contribution in [0.4, 0.5) is 10.2 Å². The Morgan fingerprint density at radius 1 is 1.54 bits per heavy atom. The average molecular weight is 179 g/mol. The van der Waals surface area contributed by atoms with Crippen molar-refractivity contribution >= 4 is 29.4 Å². The first-order valence-corrected chi connectivity index (χ1v) is 3.92. The molecule has 0 atom stereocenters. The number of H-pyrrole nitrogens is 1. The van der Waals surface area contributed by atoms with Gasteiger partial charge in [-0.05, 0) is 5.24 Å². The number of hydrogen-bond donors (Lipinski definition) is 2. The molecule has 8 heteroatoms. The zero-order valence-electron chi connectivity index (χ0n) is 7.81. The monoisotopic (exact) mass is 179 g/mol. The number of aromatic amines is 1. The number of anilines is 1. The van der Waals surface area contributed by atoms with Gasteiger partial charge >= 0.3 is 5.69 Å². The van der Waals surface area contributed by atoms with Crippen molar-refractivity contribution in [2.75, 3.05) is 5.32 Å². The maximum absolute atomic E-state index is 13.0. The molecule has 0 radical (unpaired) electrons. The third-order valence-electron chi connectivity index (χ3n) is 1.26. The van der Waals surface area contributed by atoms with Crippen molar-refractivity contribution in [1.29, 1.82) is 0 Å². The molecule has 0 aliphatic carbocycles. The molecule has 0 bridgehead atoms. The Hall–Kier alpha value is -1.20. The average Bonchev–Trinajstić information content (AvgIpc) is 1.94. The van der Waals surface area contributed by atoms with Crippen LogP contribution < -0.4 is 11.0 Å². The van der Waals surface area contributed by atoms with E-state index in [2.05, 4.69) is 15.3 Å². The summed E-state index contributed by atoms with van der Waals surface area (Å²) in [6.07, 6.45) is 0.989. The Kier molecular flexibility index (Phi) is 2.49. The first kappa shape index (κ1) is 9.89. The lowest BCUT2D eigenvalue weighted by molar-refractivity contribution is 0.614. The molecule has 4 nitrogen and oxygen atoms in total. The Labute approximate surface area is 77.6 Å². The Balaban J connectivity index is 3.01. The van der Waals surface area contributed by atoms with Crippen LogP contribution in [0.3, 0.4) is 0 Å². The molecule has 66 valence electrons. The van der Waals surface area contributed by atoms with Crippen LogP contribution in [0.15, 0.2) is 11.0 Å². The SMILES string of the molecule is BC(B)(B)Nc1nc(=O)[nH]cc1F. The first-order valence-electron chi connectivity index (χ1n) is 3.92. The second kappa shape index (κ2) is 3.28. The maximum atomic E-state index is 13.0. The molecule has 1 aromatic heterocycles. The van der Waals surface area contributed by atoms with Crippen molar-refractivity contribution in [3.8, 4) is 0 Å². The van der Waals surface area contributed by atoms with E-state index in [-0.39, 0.29) is 11.1 Å². The van der Waals surface area contributed by atoms with Gasteiger partial charge in [0.05, 0.1) is 0 Å². The molecule has 1 heterocycles. The summed E-state index contributed by atoms with van der Waals surface area (Å²) in [7, 11) is 5.57. The summed E-state index contributed by atoms with van der Waals surface area (Å²) in [4.78, 5) is 16.4. The fraction of sp³-hybridized carbons (Fsp3) is 0.200. The van der Waals surface area contributed by atoms with E-state index in [1.54, 1.807) is 0 Å². The lowest BCUT2D eigenvalue weighted by Crippen LogP contribution is -2.41. The van der Waals surface area contributed by atoms with E-state index in [0.29, 0.717) is 0 Å². The van der Waals surface area contributed by atoms with Gasteiger partial charge in [-0.3, -0.25) is 0 Å². The largest absolute Gasteiger partial charge is 0.385 e. The van der Waals surface area contributed by atoms with Crippen molar-refractivity contribution in [1.82, 2.24) is 9.97 Å². The molecule has 1 aromatic rings. The molecule has 0 saturated carbocycles. The molecule has 0 aliphatic rings. The number of nitrogens with zero attached hydrogens (tertiary/aromatic N) is 1. The van der Waals surface area contributed by atoms with Crippen LogP contribution in [0.25, 0.3) is 0 Å². The van der Waals surface area contributed by atoms with E-state index in [1.807, 2.05) is 23.5 Å². The summed E-state index contributed by atoms with van der Waals surface area (Å²) < 4.78 is 13.0. The van der Waals surface area contributed by atoms with Gasteiger partial charge < -0.3 is 10.3 Å². The summed E-state index contributed by atoms with van der Waals surface area (Å²) in [6.45, 7) is 0. The highest BCUT2D eigenvalue weighted by atomic mass is 19.1. The van der Waals surface area contributed by atoms with Crippen LogP contribution in [0, 0.1) is 5.82 Å². The summed E-state index contributed by atoms with van der Waals surface area (Å²) in [5.41, 5.74) is -0.562. The molecule has 0 saturated heterocycles. The topological polar surface area (TPSA) is 57.8 Å². The van der Waals surface area contributed by atoms with Crippen molar-refractivity contribution in [2.45, 2.75) is 5.24 Å². The number of halogens is 1. The third kappa shape index (κ3) is 2.97. The molecular weight excluding hydrogens is 170 g/mol. The Morgan fingerprint density at radius 3 is 2.69 bits per heavy atom. The van der Waals surface area contributed by atoms with Gasteiger partial charge in [-0.1, -0.05) is 0 Å². The van der Waals surface area contributed by atoms with Gasteiger partial charge in [0.25, 0.3) is 0 Å². The van der Waals surface area contributed by atoms with Crippen LogP contribution in [-0.4, -0.2) is 38.7 Å². The fourth-order valence-corrected chi connectivity index (χ4v) is 0.824. The zero-order valence-corrected chi connectivity index (χ0v) is 7.81. The molecule has 0 unspecified atom stereocenters. The van der Waals surface area contributed by atoms with E-state index < -0.39 is 11.5 Å². The minimum absolute atomic E-state index is 0.0174. The first-order chi connectivity index (χ1) is 5.88. The zero-order chi connectivity index (χ0) is 10.1. The van der Waals surface area contributed by atoms with Gasteiger partial charge in [-0.15, -0.1) is 0 Å². The molecule has 0 aromatic carbocycles. The van der Waals surface area contributed by atoms with E-state index in [0.717, 1.165) is 6.20 Å². The molecule has 13 heavy (non-hydrogen) atoms. The van der Waals surface area contributed by atoms with Crippen molar-refractivity contribution in [3.63, 3.8) is 0 Å².